The molecule has 8 nitrogen and oxygen atoms in total. The van der Waals surface area contributed by atoms with Crippen molar-refractivity contribution in [3.05, 3.63) is 24.3 Å². The summed E-state index contributed by atoms with van der Waals surface area (Å²) in [4.78, 5) is 22.7. The van der Waals surface area contributed by atoms with Gasteiger partial charge in [0.05, 0.1) is 25.4 Å². The van der Waals surface area contributed by atoms with Crippen molar-refractivity contribution in [2.75, 3.05) is 19.8 Å². The molecule has 1 amide bonds. The number of carbonyl (C=O) groups excluding carboxylic acids is 1. The van der Waals surface area contributed by atoms with Gasteiger partial charge < -0.3 is 21.1 Å². The van der Waals surface area contributed by atoms with Gasteiger partial charge in [-0.3, -0.25) is 13.8 Å². The lowest BCUT2D eigenvalue weighted by Crippen LogP contribution is -2.45. The normalized spacial score (nSPS) is 14.3. The largest absolute Gasteiger partial charge is 0.472 e. The minimum absolute atomic E-state index is 0.0793. The Kier molecular flexibility index (Phi) is 39.9. The molecule has 53 heavy (non-hydrogen) atoms. The Morgan fingerprint density at radius 1 is 0.604 bits per heavy atom. The van der Waals surface area contributed by atoms with Gasteiger partial charge in [0.25, 0.3) is 0 Å². The Bertz CT molecular complexity index is 886. The number of carbonyl (C=O) groups is 1. The number of hydrogen-bond donors (Lipinski definition) is 4. The number of rotatable bonds is 42. The summed E-state index contributed by atoms with van der Waals surface area (Å²) >= 11 is 0. The number of nitrogens with one attached hydrogen (secondary N) is 1. The predicted molar refractivity (Wildman–Crippen MR) is 226 cm³/mol. The maximum atomic E-state index is 12.8. The van der Waals surface area contributed by atoms with Crippen molar-refractivity contribution >= 4 is 13.7 Å². The van der Waals surface area contributed by atoms with Crippen LogP contribution in [0.4, 0.5) is 0 Å². The maximum absolute atomic E-state index is 12.8. The van der Waals surface area contributed by atoms with Gasteiger partial charge in [-0.15, -0.1) is 0 Å². The van der Waals surface area contributed by atoms with Crippen LogP contribution in [0.25, 0.3) is 0 Å². The lowest BCUT2D eigenvalue weighted by atomic mass is 10.0. The quantitative estimate of drug-likeness (QED) is 0.0276. The molecule has 314 valence electrons. The fourth-order valence-electron chi connectivity index (χ4n) is 6.60. The average molecular weight is 771 g/mol. The minimum atomic E-state index is -4.34. The molecule has 0 fully saturated rings. The van der Waals surface area contributed by atoms with Gasteiger partial charge in [0.2, 0.25) is 5.91 Å². The highest BCUT2D eigenvalue weighted by molar-refractivity contribution is 7.47. The molecule has 0 aromatic rings. The number of nitrogens with two attached hydrogens (primary N) is 1. The van der Waals surface area contributed by atoms with Crippen molar-refractivity contribution in [1.29, 1.82) is 0 Å². The van der Waals surface area contributed by atoms with Gasteiger partial charge in [0, 0.05) is 13.0 Å². The number of amides is 1. The van der Waals surface area contributed by atoms with Crippen molar-refractivity contribution in [2.24, 2.45) is 5.73 Å². The number of phosphoric ester groups is 1. The standard InChI is InChI=1S/C44H87N2O6P/c1-3-5-7-9-11-13-15-17-19-20-21-22-24-26-28-30-32-34-36-38-44(48)46-42(41-52-53(49,50)51-40-39-45)43(47)37-35-33-31-29-27-25-23-18-16-14-12-10-8-6-4-2/h17,19,35,37,42-43,47H,3-16,18,20-34,36,38-41,45H2,1-2H3,(H,46,48)(H,49,50)/b19-17-,37-35+. The summed E-state index contributed by atoms with van der Waals surface area (Å²) in [6, 6.07) is -0.858. The van der Waals surface area contributed by atoms with E-state index >= 15 is 0 Å². The third kappa shape index (κ3) is 39.0. The molecule has 0 bridgehead atoms. The van der Waals surface area contributed by atoms with Crippen LogP contribution in [-0.4, -0.2) is 47.8 Å². The van der Waals surface area contributed by atoms with E-state index in [-0.39, 0.29) is 25.7 Å². The van der Waals surface area contributed by atoms with E-state index < -0.39 is 20.0 Å². The SMILES string of the molecule is CCCCCCCC/C=C\CCCCCCCCCCCC(=O)NC(COP(=O)(O)OCCN)C(O)/C=C/CCCCCCCCCCCCCCC. The Morgan fingerprint density at radius 2 is 0.981 bits per heavy atom. The molecule has 0 rings (SSSR count). The van der Waals surface area contributed by atoms with Gasteiger partial charge in [-0.25, -0.2) is 4.57 Å². The van der Waals surface area contributed by atoms with Crippen LogP contribution in [0.2, 0.25) is 0 Å². The molecule has 3 unspecified atom stereocenters. The smallest absolute Gasteiger partial charge is 0.387 e. The molecule has 0 aliphatic heterocycles. The Labute approximate surface area is 327 Å². The first-order valence-corrected chi connectivity index (χ1v) is 24.0. The van der Waals surface area contributed by atoms with Crippen molar-refractivity contribution in [3.8, 4) is 0 Å². The summed E-state index contributed by atoms with van der Waals surface area (Å²) in [5.74, 6) is -0.195. The van der Waals surface area contributed by atoms with Crippen molar-refractivity contribution in [2.45, 2.75) is 231 Å². The molecule has 3 atom stereocenters. The second-order valence-electron chi connectivity index (χ2n) is 15.3. The fourth-order valence-corrected chi connectivity index (χ4v) is 7.36. The van der Waals surface area contributed by atoms with E-state index in [1.807, 2.05) is 6.08 Å². The third-order valence-corrected chi connectivity index (χ3v) is 11.0. The van der Waals surface area contributed by atoms with Gasteiger partial charge in [-0.1, -0.05) is 192 Å². The Morgan fingerprint density at radius 3 is 1.40 bits per heavy atom. The summed E-state index contributed by atoms with van der Waals surface area (Å²) in [6.45, 7) is 4.14. The van der Waals surface area contributed by atoms with Crippen molar-refractivity contribution in [3.63, 3.8) is 0 Å². The van der Waals surface area contributed by atoms with E-state index in [0.717, 1.165) is 38.5 Å². The summed E-state index contributed by atoms with van der Waals surface area (Å²) in [5.41, 5.74) is 5.37. The highest BCUT2D eigenvalue weighted by Gasteiger charge is 2.26. The molecule has 5 N–H and O–H groups in total. The first-order chi connectivity index (χ1) is 25.9. The molecule has 0 saturated heterocycles. The van der Waals surface area contributed by atoms with Gasteiger partial charge in [-0.2, -0.15) is 0 Å². The second kappa shape index (κ2) is 40.6. The Balaban J connectivity index is 4.17. The molecule has 0 aromatic heterocycles. The summed E-state index contributed by atoms with van der Waals surface area (Å²) < 4.78 is 22.1. The summed E-state index contributed by atoms with van der Waals surface area (Å²) in [6.07, 6.45) is 46.5. The average Bonchev–Trinajstić information content (AvgIpc) is 3.14. The van der Waals surface area contributed by atoms with Crippen molar-refractivity contribution in [1.82, 2.24) is 5.32 Å². The third-order valence-electron chi connectivity index (χ3n) is 10.0. The first-order valence-electron chi connectivity index (χ1n) is 22.5. The highest BCUT2D eigenvalue weighted by Crippen LogP contribution is 2.43. The number of aliphatic hydroxyl groups is 1. The van der Waals surface area contributed by atoms with E-state index in [0.29, 0.717) is 6.42 Å². The van der Waals surface area contributed by atoms with E-state index in [2.05, 4.69) is 31.3 Å². The first kappa shape index (κ1) is 52.0. The van der Waals surface area contributed by atoms with E-state index in [9.17, 15) is 19.4 Å². The number of hydrogen-bond acceptors (Lipinski definition) is 6. The molecule has 0 saturated carbocycles. The molecule has 0 aliphatic rings. The molecule has 0 aromatic carbocycles. The predicted octanol–water partition coefficient (Wildman–Crippen LogP) is 12.6. The lowest BCUT2D eigenvalue weighted by Gasteiger charge is -2.23. The Hall–Kier alpha value is -1.02. The van der Waals surface area contributed by atoms with Crippen LogP contribution in [-0.2, 0) is 18.4 Å². The fraction of sp³-hybridized carbons (Fsp3) is 0.886. The van der Waals surface area contributed by atoms with Crippen LogP contribution in [0.5, 0.6) is 0 Å². The molecule has 0 radical (unpaired) electrons. The molecule has 0 spiro atoms. The number of phosphoric acid groups is 1. The van der Waals surface area contributed by atoms with Crippen LogP contribution in [0, 0.1) is 0 Å². The van der Waals surface area contributed by atoms with Gasteiger partial charge in [0.1, 0.15) is 0 Å². The number of unbranched alkanes of at least 4 members (excludes halogenated alkanes) is 28. The summed E-state index contributed by atoms with van der Waals surface area (Å²) in [7, 11) is -4.34. The van der Waals surface area contributed by atoms with Crippen molar-refractivity contribution < 1.29 is 28.4 Å². The van der Waals surface area contributed by atoms with Crippen LogP contribution in [0.1, 0.15) is 219 Å². The van der Waals surface area contributed by atoms with Gasteiger partial charge >= 0.3 is 7.82 Å². The van der Waals surface area contributed by atoms with Crippen LogP contribution >= 0.6 is 7.82 Å². The molecular formula is C44H87N2O6P. The minimum Gasteiger partial charge on any atom is -0.387 e. The van der Waals surface area contributed by atoms with E-state index in [1.165, 1.54) is 161 Å². The van der Waals surface area contributed by atoms with E-state index in [1.54, 1.807) is 6.08 Å². The molecular weight excluding hydrogens is 683 g/mol. The van der Waals surface area contributed by atoms with Crippen LogP contribution in [0.15, 0.2) is 24.3 Å². The van der Waals surface area contributed by atoms with Gasteiger partial charge in [-0.05, 0) is 44.9 Å². The van der Waals surface area contributed by atoms with Crippen LogP contribution in [0.3, 0.4) is 0 Å². The number of allylic oxidation sites excluding steroid dienone is 3. The zero-order chi connectivity index (χ0) is 38.9. The zero-order valence-electron chi connectivity index (χ0n) is 34.8. The molecule has 0 heterocycles. The topological polar surface area (TPSA) is 131 Å². The second-order valence-corrected chi connectivity index (χ2v) is 16.7. The zero-order valence-corrected chi connectivity index (χ0v) is 35.7. The van der Waals surface area contributed by atoms with Gasteiger partial charge in [0.15, 0.2) is 0 Å². The highest BCUT2D eigenvalue weighted by atomic mass is 31.2. The molecule has 9 heteroatoms. The lowest BCUT2D eigenvalue weighted by molar-refractivity contribution is -0.123. The monoisotopic (exact) mass is 771 g/mol. The maximum Gasteiger partial charge on any atom is 0.472 e. The molecule has 0 aliphatic carbocycles. The summed E-state index contributed by atoms with van der Waals surface area (Å²) in [5, 5.41) is 13.7. The van der Waals surface area contributed by atoms with E-state index in [4.69, 9.17) is 14.8 Å². The van der Waals surface area contributed by atoms with Crippen LogP contribution < -0.4 is 11.1 Å². The number of aliphatic hydroxyl groups excluding tert-OH is 1.